The first-order chi connectivity index (χ1) is 9.36. The van der Waals surface area contributed by atoms with Crippen molar-refractivity contribution in [3.8, 4) is 0 Å². The molecule has 1 aromatic rings. The van der Waals surface area contributed by atoms with Gasteiger partial charge in [0.1, 0.15) is 0 Å². The summed E-state index contributed by atoms with van der Waals surface area (Å²) in [5.74, 6) is 0.999. The number of rotatable bonds is 6. The fourth-order valence-electron chi connectivity index (χ4n) is 3.22. The molecule has 1 aliphatic carbocycles. The maximum atomic E-state index is 3.82. The van der Waals surface area contributed by atoms with Gasteiger partial charge < -0.3 is 5.32 Å². The summed E-state index contributed by atoms with van der Waals surface area (Å²) in [6, 6.07) is 9.67. The van der Waals surface area contributed by atoms with Gasteiger partial charge >= 0.3 is 0 Å². The lowest BCUT2D eigenvalue weighted by Gasteiger charge is -2.33. The summed E-state index contributed by atoms with van der Waals surface area (Å²) < 4.78 is 0. The highest BCUT2D eigenvalue weighted by molar-refractivity contribution is 8.00. The van der Waals surface area contributed by atoms with Gasteiger partial charge in [-0.25, -0.2) is 0 Å². The van der Waals surface area contributed by atoms with Gasteiger partial charge in [-0.2, -0.15) is 0 Å². The van der Waals surface area contributed by atoms with Crippen molar-refractivity contribution in [2.75, 3.05) is 6.54 Å². The molecule has 2 atom stereocenters. The molecule has 0 saturated heterocycles. The molecule has 19 heavy (non-hydrogen) atoms. The average molecular weight is 275 g/mol. The summed E-state index contributed by atoms with van der Waals surface area (Å²) in [5.41, 5.74) is 1.56. The van der Waals surface area contributed by atoms with Gasteiger partial charge in [0.05, 0.1) is 0 Å². The third-order valence-electron chi connectivity index (χ3n) is 4.59. The van der Waals surface area contributed by atoms with Gasteiger partial charge in [0, 0.05) is 16.2 Å². The summed E-state index contributed by atoms with van der Waals surface area (Å²) >= 11 is 2.11. The summed E-state index contributed by atoms with van der Waals surface area (Å²) in [6.07, 6.45) is 8.29. The Kier molecular flexibility index (Phi) is 4.49. The molecule has 3 rings (SSSR count). The lowest BCUT2D eigenvalue weighted by molar-refractivity contribution is 0.257. The number of benzene rings is 1. The highest BCUT2D eigenvalue weighted by atomic mass is 32.2. The van der Waals surface area contributed by atoms with E-state index in [2.05, 4.69) is 48.3 Å². The zero-order valence-corrected chi connectivity index (χ0v) is 12.7. The van der Waals surface area contributed by atoms with Crippen molar-refractivity contribution in [2.24, 2.45) is 5.92 Å². The Morgan fingerprint density at radius 3 is 2.84 bits per heavy atom. The second-order valence-electron chi connectivity index (χ2n) is 6.06. The molecule has 1 aromatic carbocycles. The van der Waals surface area contributed by atoms with Crippen LogP contribution in [0.1, 0.15) is 44.6 Å². The van der Waals surface area contributed by atoms with Gasteiger partial charge in [0.15, 0.2) is 0 Å². The molecule has 1 heterocycles. The quantitative estimate of drug-likeness (QED) is 0.832. The van der Waals surface area contributed by atoms with Gasteiger partial charge in [0.25, 0.3) is 0 Å². The number of fused-ring (bicyclic) bond motifs is 1. The molecule has 0 aromatic heterocycles. The zero-order valence-electron chi connectivity index (χ0n) is 11.9. The first-order valence-corrected chi connectivity index (χ1v) is 8.72. The molecular weight excluding hydrogens is 250 g/mol. The fourth-order valence-corrected chi connectivity index (χ4v) is 4.64. The molecule has 1 fully saturated rings. The van der Waals surface area contributed by atoms with Crippen LogP contribution in [0, 0.1) is 5.92 Å². The summed E-state index contributed by atoms with van der Waals surface area (Å²) in [5, 5.41) is 4.58. The summed E-state index contributed by atoms with van der Waals surface area (Å²) in [7, 11) is 0. The van der Waals surface area contributed by atoms with Crippen LogP contribution in [0.2, 0.25) is 0 Å². The van der Waals surface area contributed by atoms with Crippen molar-refractivity contribution >= 4 is 11.8 Å². The van der Waals surface area contributed by atoms with Gasteiger partial charge in [-0.15, -0.1) is 11.8 Å². The average Bonchev–Trinajstić information content (AvgIpc) is 2.80. The topological polar surface area (TPSA) is 12.0 Å². The lowest BCUT2D eigenvalue weighted by atomic mass is 9.80. The molecule has 2 aliphatic rings. The molecule has 0 amide bonds. The highest BCUT2D eigenvalue weighted by Gasteiger charge is 2.31. The van der Waals surface area contributed by atoms with E-state index in [1.807, 2.05) is 0 Å². The van der Waals surface area contributed by atoms with Crippen LogP contribution in [0.3, 0.4) is 0 Å². The fraction of sp³-hybridized carbons (Fsp3) is 0.647. The maximum absolute atomic E-state index is 3.82. The van der Waals surface area contributed by atoms with E-state index in [1.54, 1.807) is 5.56 Å². The van der Waals surface area contributed by atoms with Gasteiger partial charge in [0.2, 0.25) is 0 Å². The van der Waals surface area contributed by atoms with Crippen LogP contribution < -0.4 is 5.32 Å². The van der Waals surface area contributed by atoms with Gasteiger partial charge in [-0.05, 0) is 43.4 Å². The minimum absolute atomic E-state index is 0.711. The molecule has 2 unspecified atom stereocenters. The monoisotopic (exact) mass is 275 g/mol. The van der Waals surface area contributed by atoms with Crippen LogP contribution in [0.25, 0.3) is 0 Å². The van der Waals surface area contributed by atoms with Crippen LogP contribution in [0.5, 0.6) is 0 Å². The van der Waals surface area contributed by atoms with Gasteiger partial charge in [-0.3, -0.25) is 0 Å². The van der Waals surface area contributed by atoms with Crippen molar-refractivity contribution < 1.29 is 0 Å². The van der Waals surface area contributed by atoms with E-state index in [9.17, 15) is 0 Å². The Morgan fingerprint density at radius 2 is 2.16 bits per heavy atom. The number of hydrogen-bond donors (Lipinski definition) is 1. The third kappa shape index (κ3) is 3.17. The Bertz CT molecular complexity index is 388. The largest absolute Gasteiger partial charge is 0.313 e. The first-order valence-electron chi connectivity index (χ1n) is 7.84. The molecule has 1 saturated carbocycles. The molecule has 104 valence electrons. The number of nitrogens with one attached hydrogen (secondary N) is 1. The van der Waals surface area contributed by atoms with Crippen LogP contribution in [0.4, 0.5) is 0 Å². The predicted molar refractivity (Wildman–Crippen MR) is 83.8 cm³/mol. The number of thioether (sulfide) groups is 1. The maximum Gasteiger partial charge on any atom is 0.0289 e. The molecule has 2 heteroatoms. The van der Waals surface area contributed by atoms with E-state index in [-0.39, 0.29) is 0 Å². The van der Waals surface area contributed by atoms with Crippen LogP contribution in [-0.2, 0) is 6.42 Å². The van der Waals surface area contributed by atoms with Crippen molar-refractivity contribution in [2.45, 2.75) is 61.6 Å². The van der Waals surface area contributed by atoms with Crippen LogP contribution >= 0.6 is 11.8 Å². The Morgan fingerprint density at radius 1 is 1.32 bits per heavy atom. The smallest absolute Gasteiger partial charge is 0.0289 e. The van der Waals surface area contributed by atoms with E-state index >= 15 is 0 Å². The van der Waals surface area contributed by atoms with E-state index in [1.165, 1.54) is 50.0 Å². The van der Waals surface area contributed by atoms with E-state index in [4.69, 9.17) is 0 Å². The van der Waals surface area contributed by atoms with E-state index < -0.39 is 0 Å². The Labute approximate surface area is 121 Å². The standard InChI is InChI=1S/C17H25NS/c1-2-10-18-15(11-13-6-5-7-13)17-12-14-8-3-4-9-16(14)19-17/h3-4,8-9,13,15,17-18H,2,5-7,10-12H2,1H3. The SMILES string of the molecule is CCCNC(CC1CCC1)C1Cc2ccccc2S1. The molecule has 0 spiro atoms. The summed E-state index contributed by atoms with van der Waals surface area (Å²) in [6.45, 7) is 3.44. The third-order valence-corrected chi connectivity index (χ3v) is 6.04. The molecule has 0 radical (unpaired) electrons. The van der Waals surface area contributed by atoms with Crippen molar-refractivity contribution in [1.82, 2.24) is 5.32 Å². The Balaban J connectivity index is 1.63. The van der Waals surface area contributed by atoms with E-state index in [0.717, 1.165) is 11.2 Å². The summed E-state index contributed by atoms with van der Waals surface area (Å²) in [4.78, 5) is 1.52. The zero-order chi connectivity index (χ0) is 13.1. The van der Waals surface area contributed by atoms with Crippen molar-refractivity contribution in [1.29, 1.82) is 0 Å². The number of hydrogen-bond acceptors (Lipinski definition) is 2. The van der Waals surface area contributed by atoms with Crippen molar-refractivity contribution in [3.05, 3.63) is 29.8 Å². The molecular formula is C17H25NS. The predicted octanol–water partition coefficient (Wildman–Crippen LogP) is 4.26. The second-order valence-corrected chi connectivity index (χ2v) is 7.34. The Hall–Kier alpha value is -0.470. The molecule has 1 N–H and O–H groups in total. The minimum Gasteiger partial charge on any atom is -0.313 e. The molecule has 1 nitrogen and oxygen atoms in total. The minimum atomic E-state index is 0.711. The normalized spacial score (nSPS) is 23.9. The van der Waals surface area contributed by atoms with E-state index in [0.29, 0.717) is 6.04 Å². The van der Waals surface area contributed by atoms with Crippen LogP contribution in [0.15, 0.2) is 29.2 Å². The van der Waals surface area contributed by atoms with Crippen molar-refractivity contribution in [3.63, 3.8) is 0 Å². The second kappa shape index (κ2) is 6.32. The molecule has 1 aliphatic heterocycles. The van der Waals surface area contributed by atoms with Gasteiger partial charge in [-0.1, -0.05) is 44.4 Å². The van der Waals surface area contributed by atoms with Crippen LogP contribution in [-0.4, -0.2) is 17.8 Å². The first kappa shape index (κ1) is 13.5. The lowest BCUT2D eigenvalue weighted by Crippen LogP contribution is -2.41. The molecule has 0 bridgehead atoms. The highest BCUT2D eigenvalue weighted by Crippen LogP contribution is 2.41.